The maximum absolute atomic E-state index is 12.4. The minimum absolute atomic E-state index is 2.17. The molecule has 0 aromatic heterocycles. The van der Waals surface area contributed by atoms with Crippen LogP contribution in [-0.4, -0.2) is 13.8 Å². The van der Waals surface area contributed by atoms with Crippen molar-refractivity contribution in [3.8, 4) is 0 Å². The van der Waals surface area contributed by atoms with Gasteiger partial charge in [-0.05, 0) is 0 Å². The van der Waals surface area contributed by atoms with Crippen LogP contribution >= 0.6 is 25.5 Å². The van der Waals surface area contributed by atoms with Crippen LogP contribution in [0.25, 0.3) is 0 Å². The molecule has 0 aromatic rings. The van der Waals surface area contributed by atoms with E-state index in [1.54, 1.807) is 0 Å². The molecule has 0 atom stereocenters. The van der Waals surface area contributed by atoms with E-state index in [9.17, 15) is 26.3 Å². The van der Waals surface area contributed by atoms with E-state index in [1.807, 2.05) is 0 Å². The topological polar surface area (TPSA) is 0 Å². The van der Waals surface area contributed by atoms with Gasteiger partial charge in [0.2, 0.25) is 0 Å². The van der Waals surface area contributed by atoms with E-state index in [2.05, 4.69) is 25.5 Å². The van der Waals surface area contributed by atoms with Crippen LogP contribution in [0.4, 0.5) is 26.3 Å². The molecule has 9 heteroatoms. The van der Waals surface area contributed by atoms with E-state index >= 15 is 0 Å². The van der Waals surface area contributed by atoms with Gasteiger partial charge in [-0.3, -0.25) is 0 Å². The first kappa shape index (κ1) is 13.8. The fourth-order valence-electron chi connectivity index (χ4n) is 0.272. The van der Waals surface area contributed by atoms with E-state index in [0.717, 1.165) is 0 Å². The number of rotatable bonds is 2. The molecule has 0 nitrogen and oxygen atoms in total. The van der Waals surface area contributed by atoms with Crippen molar-refractivity contribution < 1.29 is 26.3 Å². The second kappa shape index (κ2) is 5.05. The predicted molar refractivity (Wildman–Crippen MR) is 44.3 cm³/mol. The third kappa shape index (κ3) is 3.46. The van der Waals surface area contributed by atoms with Crippen molar-refractivity contribution in [2.45, 2.75) is 0 Å². The van der Waals surface area contributed by atoms with Crippen LogP contribution in [0, 0.1) is 0 Å². The average Bonchev–Trinajstić information content (AvgIpc) is 2.01. The molecule has 0 saturated heterocycles. The van der Waals surface area contributed by atoms with Crippen LogP contribution in [-0.2, 0) is 0 Å². The summed E-state index contributed by atoms with van der Waals surface area (Å²) in [6.07, 6.45) is -5.63. The van der Waals surface area contributed by atoms with Crippen LogP contribution in [0.1, 0.15) is 0 Å². The molecule has 0 heterocycles. The van der Waals surface area contributed by atoms with Gasteiger partial charge in [-0.15, -0.1) is 0 Å². The quantitative estimate of drug-likeness (QED) is 0.432. The van der Waals surface area contributed by atoms with Crippen molar-refractivity contribution >= 4 is 39.3 Å². The Labute approximate surface area is 85.1 Å². The molecule has 0 amide bonds. The van der Waals surface area contributed by atoms with Gasteiger partial charge in [-0.2, -0.15) is 0 Å². The van der Waals surface area contributed by atoms with Crippen molar-refractivity contribution in [3.05, 3.63) is 19.9 Å². The normalized spacial score (nSPS) is 12.3. The Bertz CT molecular complexity index is 238. The first-order valence-electron chi connectivity index (χ1n) is 2.35. The van der Waals surface area contributed by atoms with Crippen molar-refractivity contribution in [1.82, 2.24) is 0 Å². The van der Waals surface area contributed by atoms with Gasteiger partial charge in [-0.1, -0.05) is 0 Å². The first-order valence-corrected chi connectivity index (χ1v) is 15.1. The Kier molecular flexibility index (Phi) is 5.36. The summed E-state index contributed by atoms with van der Waals surface area (Å²) in [5.74, 6) is 0. The van der Waals surface area contributed by atoms with Gasteiger partial charge in [0.15, 0.2) is 0 Å². The van der Waals surface area contributed by atoms with Gasteiger partial charge in [0.1, 0.15) is 0 Å². The van der Waals surface area contributed by atoms with Gasteiger partial charge in [0.05, 0.1) is 0 Å². The van der Waals surface area contributed by atoms with E-state index < -0.39 is 33.7 Å². The van der Waals surface area contributed by atoms with E-state index in [1.165, 1.54) is 0 Å². The van der Waals surface area contributed by atoms with Crippen LogP contribution in [0.3, 0.4) is 0 Å². The van der Waals surface area contributed by atoms with Gasteiger partial charge in [0, 0.05) is 0 Å². The molecular weight excluding hydrogens is 449 g/mol. The van der Waals surface area contributed by atoms with Crippen molar-refractivity contribution in [2.24, 2.45) is 0 Å². The Morgan fingerprint density at radius 2 is 0.923 bits per heavy atom. The summed E-state index contributed by atoms with van der Waals surface area (Å²) in [4.78, 5) is 0. The number of hydrogen-bond acceptors (Lipinski definition) is 0. The fourth-order valence-corrected chi connectivity index (χ4v) is 5.11. The number of halogens is 8. The van der Waals surface area contributed by atoms with Crippen LogP contribution in [0.2, 0.25) is 0 Å². The Morgan fingerprint density at radius 3 is 1.08 bits per heavy atom. The third-order valence-corrected chi connectivity index (χ3v) is 11.8. The summed E-state index contributed by atoms with van der Waals surface area (Å²) in [6, 6.07) is 0. The molecule has 0 saturated carbocycles. The van der Waals surface area contributed by atoms with E-state index in [0.29, 0.717) is 0 Å². The molecule has 0 aromatic carbocycles. The van der Waals surface area contributed by atoms with Crippen LogP contribution < -0.4 is 0 Å². The SMILES string of the molecule is FC(F)=C(F)[Te](Br)(Br)C(F)=C(F)F. The Balaban J connectivity index is 5.23. The van der Waals surface area contributed by atoms with Crippen molar-refractivity contribution in [1.29, 1.82) is 0 Å². The molecule has 0 spiro atoms. The summed E-state index contributed by atoms with van der Waals surface area (Å²) in [6.45, 7) is 0. The van der Waals surface area contributed by atoms with E-state index in [-0.39, 0.29) is 0 Å². The molecule has 0 N–H and O–H groups in total. The minimum atomic E-state index is -5.04. The Morgan fingerprint density at radius 1 is 0.692 bits per heavy atom. The molecule has 13 heavy (non-hydrogen) atoms. The van der Waals surface area contributed by atoms with Crippen molar-refractivity contribution in [3.63, 3.8) is 0 Å². The zero-order valence-corrected chi connectivity index (χ0v) is 10.9. The number of hydrogen-bond donors (Lipinski definition) is 0. The molecule has 0 unspecified atom stereocenters. The first-order chi connectivity index (χ1) is 5.71. The third-order valence-electron chi connectivity index (χ3n) is 0.747. The van der Waals surface area contributed by atoms with Crippen molar-refractivity contribution in [2.75, 3.05) is 0 Å². The molecule has 0 aliphatic carbocycles. The van der Waals surface area contributed by atoms with E-state index in [4.69, 9.17) is 0 Å². The molecule has 0 radical (unpaired) electrons. The zero-order chi connectivity index (χ0) is 10.8. The van der Waals surface area contributed by atoms with Crippen LogP contribution in [0.15, 0.2) is 19.9 Å². The van der Waals surface area contributed by atoms with Gasteiger partial charge in [0.25, 0.3) is 0 Å². The molecule has 0 aliphatic heterocycles. The van der Waals surface area contributed by atoms with Crippen LogP contribution in [0.5, 0.6) is 0 Å². The fraction of sp³-hybridized carbons (Fsp3) is 0. The molecule has 78 valence electrons. The summed E-state index contributed by atoms with van der Waals surface area (Å²) < 4.78 is 66.9. The maximum atomic E-state index is 12.4. The molecule has 0 rings (SSSR count). The summed E-state index contributed by atoms with van der Waals surface area (Å²) >= 11 is -0.646. The molecule has 0 bridgehead atoms. The summed E-state index contributed by atoms with van der Waals surface area (Å²) in [7, 11) is 0. The molecular formula is C4Br2F6Te. The van der Waals surface area contributed by atoms with Gasteiger partial charge in [-0.25, -0.2) is 0 Å². The monoisotopic (exact) mass is 450 g/mol. The molecule has 0 aliphatic rings. The second-order valence-corrected chi connectivity index (χ2v) is 25.1. The van der Waals surface area contributed by atoms with Gasteiger partial charge >= 0.3 is 85.5 Å². The zero-order valence-electron chi connectivity index (χ0n) is 5.43. The summed E-state index contributed by atoms with van der Waals surface area (Å²) in [5, 5.41) is 0. The summed E-state index contributed by atoms with van der Waals surface area (Å²) in [5.41, 5.74) is 0. The Hall–Kier alpha value is 0.810. The van der Waals surface area contributed by atoms with Gasteiger partial charge < -0.3 is 0 Å². The predicted octanol–water partition coefficient (Wildman–Crippen LogP) is 4.45. The second-order valence-electron chi connectivity index (χ2n) is 1.54. The standard InChI is InChI=1S/C4Br2F6Te/c5-13(6,3(11)1(7)8)4(12)2(9)10. The molecule has 0 fully saturated rings. The average molecular weight is 449 g/mol.